The van der Waals surface area contributed by atoms with Crippen LogP contribution >= 0.6 is 0 Å². The molecule has 0 bridgehead atoms. The standard InChI is InChI=1S/C22H24N2O/c1-2-3-4-10-17-25-22-16-15-21(19-13-8-9-14-20(19)22)24-23-18-11-6-5-7-12-18/h5-9,11-16H,2-4,10,17H2,1H3. The Bertz CT molecular complexity index is 828. The van der Waals surface area contributed by atoms with Crippen LogP contribution in [0.25, 0.3) is 10.8 Å². The largest absolute Gasteiger partial charge is 0.493 e. The van der Waals surface area contributed by atoms with Gasteiger partial charge in [-0.2, -0.15) is 5.11 Å². The molecule has 0 saturated heterocycles. The number of unbranched alkanes of at least 4 members (excludes halogenated alkanes) is 3. The Kier molecular flexibility index (Phi) is 6.16. The molecule has 3 rings (SSSR count). The number of hydrogen-bond donors (Lipinski definition) is 0. The number of fused-ring (bicyclic) bond motifs is 1. The summed E-state index contributed by atoms with van der Waals surface area (Å²) in [5.74, 6) is 0.922. The smallest absolute Gasteiger partial charge is 0.127 e. The van der Waals surface area contributed by atoms with Gasteiger partial charge in [-0.3, -0.25) is 0 Å². The third kappa shape index (κ3) is 4.66. The van der Waals surface area contributed by atoms with E-state index in [0.29, 0.717) is 0 Å². The predicted octanol–water partition coefficient (Wildman–Crippen LogP) is 7.21. The second-order valence-corrected chi connectivity index (χ2v) is 6.07. The number of rotatable bonds is 8. The summed E-state index contributed by atoms with van der Waals surface area (Å²) in [7, 11) is 0. The zero-order valence-electron chi connectivity index (χ0n) is 14.7. The third-order valence-electron chi connectivity index (χ3n) is 4.15. The molecule has 0 unspecified atom stereocenters. The van der Waals surface area contributed by atoms with Gasteiger partial charge in [0.25, 0.3) is 0 Å². The van der Waals surface area contributed by atoms with Crippen molar-refractivity contribution >= 4 is 22.1 Å². The van der Waals surface area contributed by atoms with E-state index >= 15 is 0 Å². The van der Waals surface area contributed by atoms with Gasteiger partial charge in [-0.1, -0.05) is 68.7 Å². The highest BCUT2D eigenvalue weighted by molar-refractivity contribution is 5.96. The molecule has 0 fully saturated rings. The highest BCUT2D eigenvalue weighted by atomic mass is 16.5. The van der Waals surface area contributed by atoms with Crippen LogP contribution in [0, 0.1) is 0 Å². The summed E-state index contributed by atoms with van der Waals surface area (Å²) in [5, 5.41) is 10.9. The molecule has 0 aliphatic heterocycles. The zero-order valence-corrected chi connectivity index (χ0v) is 14.7. The van der Waals surface area contributed by atoms with Crippen LogP contribution in [0.2, 0.25) is 0 Å². The minimum atomic E-state index is 0.759. The molecule has 0 heterocycles. The Morgan fingerprint density at radius 2 is 1.48 bits per heavy atom. The molecule has 0 radical (unpaired) electrons. The second-order valence-electron chi connectivity index (χ2n) is 6.07. The van der Waals surface area contributed by atoms with E-state index in [2.05, 4.69) is 29.3 Å². The summed E-state index contributed by atoms with van der Waals surface area (Å²) in [4.78, 5) is 0. The lowest BCUT2D eigenvalue weighted by atomic mass is 10.1. The van der Waals surface area contributed by atoms with Crippen molar-refractivity contribution in [2.24, 2.45) is 10.2 Å². The molecule has 0 spiro atoms. The quantitative estimate of drug-likeness (QED) is 0.317. The Balaban J connectivity index is 1.80. The van der Waals surface area contributed by atoms with Gasteiger partial charge in [-0.15, -0.1) is 5.11 Å². The average molecular weight is 332 g/mol. The first-order chi connectivity index (χ1) is 12.4. The Morgan fingerprint density at radius 3 is 2.28 bits per heavy atom. The van der Waals surface area contributed by atoms with Crippen molar-refractivity contribution in [3.63, 3.8) is 0 Å². The molecular formula is C22H24N2O. The van der Waals surface area contributed by atoms with Crippen LogP contribution < -0.4 is 4.74 Å². The molecule has 25 heavy (non-hydrogen) atoms. The molecule has 3 heteroatoms. The summed E-state index contributed by atoms with van der Waals surface area (Å²) < 4.78 is 6.01. The van der Waals surface area contributed by atoms with Crippen molar-refractivity contribution in [3.8, 4) is 5.75 Å². The average Bonchev–Trinajstić information content (AvgIpc) is 2.67. The summed E-state index contributed by atoms with van der Waals surface area (Å²) in [6, 6.07) is 22.0. The van der Waals surface area contributed by atoms with Crippen LogP contribution in [0.4, 0.5) is 11.4 Å². The topological polar surface area (TPSA) is 34.0 Å². The van der Waals surface area contributed by atoms with Crippen LogP contribution in [0.3, 0.4) is 0 Å². The van der Waals surface area contributed by atoms with Crippen LogP contribution in [-0.2, 0) is 0 Å². The van der Waals surface area contributed by atoms with Crippen molar-refractivity contribution in [1.82, 2.24) is 0 Å². The third-order valence-corrected chi connectivity index (χ3v) is 4.15. The van der Waals surface area contributed by atoms with Gasteiger partial charge in [-0.05, 0) is 30.7 Å². The fourth-order valence-electron chi connectivity index (χ4n) is 2.79. The lowest BCUT2D eigenvalue weighted by Crippen LogP contribution is -1.97. The maximum absolute atomic E-state index is 6.01. The molecule has 3 nitrogen and oxygen atoms in total. The van der Waals surface area contributed by atoms with Crippen molar-refractivity contribution < 1.29 is 4.74 Å². The molecule has 0 N–H and O–H groups in total. The van der Waals surface area contributed by atoms with Crippen LogP contribution in [-0.4, -0.2) is 6.61 Å². The molecule has 0 saturated carbocycles. The van der Waals surface area contributed by atoms with Crippen LogP contribution in [0.1, 0.15) is 32.6 Å². The predicted molar refractivity (Wildman–Crippen MR) is 104 cm³/mol. The number of hydrogen-bond acceptors (Lipinski definition) is 3. The molecule has 0 amide bonds. The first kappa shape index (κ1) is 17.2. The molecule has 0 atom stereocenters. The van der Waals surface area contributed by atoms with Crippen LogP contribution in [0.15, 0.2) is 77.0 Å². The summed E-state index contributed by atoms with van der Waals surface area (Å²) >= 11 is 0. The Labute approximate surface area is 149 Å². The number of azo groups is 1. The lowest BCUT2D eigenvalue weighted by molar-refractivity contribution is 0.308. The van der Waals surface area contributed by atoms with E-state index in [4.69, 9.17) is 4.74 Å². The van der Waals surface area contributed by atoms with Crippen molar-refractivity contribution in [2.75, 3.05) is 6.61 Å². The van der Waals surface area contributed by atoms with E-state index in [1.807, 2.05) is 54.6 Å². The highest BCUT2D eigenvalue weighted by Crippen LogP contribution is 2.34. The number of benzene rings is 3. The van der Waals surface area contributed by atoms with Crippen molar-refractivity contribution in [2.45, 2.75) is 32.6 Å². The number of ether oxygens (including phenoxy) is 1. The van der Waals surface area contributed by atoms with Gasteiger partial charge in [0, 0.05) is 10.8 Å². The van der Waals surface area contributed by atoms with E-state index in [1.54, 1.807) is 0 Å². The monoisotopic (exact) mass is 332 g/mol. The SMILES string of the molecule is CCCCCCOc1ccc(N=Nc2ccccc2)c2ccccc12. The fourth-order valence-corrected chi connectivity index (χ4v) is 2.79. The molecule has 0 aliphatic rings. The molecule has 128 valence electrons. The summed E-state index contributed by atoms with van der Waals surface area (Å²) in [6.45, 7) is 2.98. The normalized spacial score (nSPS) is 11.2. The van der Waals surface area contributed by atoms with E-state index in [9.17, 15) is 0 Å². The van der Waals surface area contributed by atoms with E-state index in [1.165, 1.54) is 19.3 Å². The van der Waals surface area contributed by atoms with Gasteiger partial charge >= 0.3 is 0 Å². The van der Waals surface area contributed by atoms with E-state index in [0.717, 1.165) is 40.9 Å². The molecule has 0 aromatic heterocycles. The molecule has 0 aliphatic carbocycles. The Hall–Kier alpha value is -2.68. The maximum atomic E-state index is 6.01. The van der Waals surface area contributed by atoms with Crippen LogP contribution in [0.5, 0.6) is 5.75 Å². The fraction of sp³-hybridized carbons (Fsp3) is 0.273. The van der Waals surface area contributed by atoms with Crippen molar-refractivity contribution in [3.05, 3.63) is 66.7 Å². The highest BCUT2D eigenvalue weighted by Gasteiger charge is 2.06. The molecule has 3 aromatic rings. The minimum absolute atomic E-state index is 0.759. The zero-order chi connectivity index (χ0) is 17.3. The number of nitrogens with zero attached hydrogens (tertiary/aromatic N) is 2. The van der Waals surface area contributed by atoms with Gasteiger partial charge in [0.2, 0.25) is 0 Å². The van der Waals surface area contributed by atoms with E-state index < -0.39 is 0 Å². The van der Waals surface area contributed by atoms with Gasteiger partial charge < -0.3 is 4.74 Å². The van der Waals surface area contributed by atoms with Crippen molar-refractivity contribution in [1.29, 1.82) is 0 Å². The summed E-state index contributed by atoms with van der Waals surface area (Å²) in [6.07, 6.45) is 4.82. The molecular weight excluding hydrogens is 308 g/mol. The van der Waals surface area contributed by atoms with Gasteiger partial charge in [-0.25, -0.2) is 0 Å². The lowest BCUT2D eigenvalue weighted by Gasteiger charge is -2.10. The van der Waals surface area contributed by atoms with Gasteiger partial charge in [0.15, 0.2) is 0 Å². The van der Waals surface area contributed by atoms with Gasteiger partial charge in [0.05, 0.1) is 18.0 Å². The first-order valence-corrected chi connectivity index (χ1v) is 9.00. The first-order valence-electron chi connectivity index (χ1n) is 9.00. The Morgan fingerprint density at radius 1 is 0.720 bits per heavy atom. The maximum Gasteiger partial charge on any atom is 0.127 e. The van der Waals surface area contributed by atoms with Gasteiger partial charge in [0.1, 0.15) is 5.75 Å². The second kappa shape index (κ2) is 8.97. The molecule has 3 aromatic carbocycles. The summed E-state index contributed by atoms with van der Waals surface area (Å²) in [5.41, 5.74) is 1.71. The van der Waals surface area contributed by atoms with E-state index in [-0.39, 0.29) is 0 Å². The minimum Gasteiger partial charge on any atom is -0.493 e.